The Morgan fingerprint density at radius 3 is 3.00 bits per heavy atom. The fraction of sp³-hybridized carbons (Fsp3) is 0.538. The Kier molecular flexibility index (Phi) is 4.68. The lowest BCUT2D eigenvalue weighted by atomic mass is 10.0. The summed E-state index contributed by atoms with van der Waals surface area (Å²) >= 11 is 9.67. The molecule has 0 saturated carbocycles. The van der Waals surface area contributed by atoms with Gasteiger partial charge in [0.2, 0.25) is 0 Å². The van der Waals surface area contributed by atoms with E-state index in [1.807, 2.05) is 6.07 Å². The zero-order valence-corrected chi connectivity index (χ0v) is 11.6. The molecule has 0 amide bonds. The van der Waals surface area contributed by atoms with E-state index in [-0.39, 0.29) is 0 Å². The van der Waals surface area contributed by atoms with Gasteiger partial charge in [-0.1, -0.05) is 46.4 Å². The first-order chi connectivity index (χ1) is 7.75. The van der Waals surface area contributed by atoms with Crippen molar-refractivity contribution in [1.29, 1.82) is 0 Å². The van der Waals surface area contributed by atoms with E-state index in [0.717, 1.165) is 22.5 Å². The number of nitrogens with one attached hydrogen (secondary N) is 1. The maximum Gasteiger partial charge on any atom is 0.0449 e. The van der Waals surface area contributed by atoms with Crippen LogP contribution < -0.4 is 5.32 Å². The second kappa shape index (κ2) is 6.04. The highest BCUT2D eigenvalue weighted by atomic mass is 79.9. The Labute approximate surface area is 111 Å². The number of hydrogen-bond donors (Lipinski definition) is 1. The van der Waals surface area contributed by atoms with Gasteiger partial charge in [-0.05, 0) is 43.5 Å². The predicted molar refractivity (Wildman–Crippen MR) is 73.1 cm³/mol. The van der Waals surface area contributed by atoms with Crippen molar-refractivity contribution in [2.75, 3.05) is 6.54 Å². The summed E-state index contributed by atoms with van der Waals surface area (Å²) in [7, 11) is 0. The number of rotatable bonds is 2. The lowest BCUT2D eigenvalue weighted by molar-refractivity contribution is 0.507. The minimum atomic E-state index is 0.598. The fourth-order valence-electron chi connectivity index (χ4n) is 2.23. The van der Waals surface area contributed by atoms with Gasteiger partial charge in [0.15, 0.2) is 0 Å². The van der Waals surface area contributed by atoms with E-state index < -0.39 is 0 Å². The molecular weight excluding hydrogens is 286 g/mol. The summed E-state index contributed by atoms with van der Waals surface area (Å²) in [4.78, 5) is 0. The standard InChI is InChI=1S/C13H17BrClN/c14-11-6-5-10(13(15)9-11)8-12-4-2-1-3-7-16-12/h5-6,9,12,16H,1-4,7-8H2. The van der Waals surface area contributed by atoms with Crippen LogP contribution in [-0.2, 0) is 6.42 Å². The normalized spacial score (nSPS) is 21.8. The molecule has 0 aromatic heterocycles. The van der Waals surface area contributed by atoms with Crippen LogP contribution in [-0.4, -0.2) is 12.6 Å². The second-order valence-corrected chi connectivity index (χ2v) is 5.76. The van der Waals surface area contributed by atoms with Crippen LogP contribution in [0.15, 0.2) is 22.7 Å². The van der Waals surface area contributed by atoms with Gasteiger partial charge in [-0.3, -0.25) is 0 Å². The van der Waals surface area contributed by atoms with E-state index in [0.29, 0.717) is 6.04 Å². The van der Waals surface area contributed by atoms with Crippen LogP contribution in [0.25, 0.3) is 0 Å². The Bertz CT molecular complexity index is 346. The molecule has 1 unspecified atom stereocenters. The average molecular weight is 303 g/mol. The zero-order valence-electron chi connectivity index (χ0n) is 9.31. The predicted octanol–water partition coefficient (Wildman–Crippen LogP) is 4.18. The first-order valence-electron chi connectivity index (χ1n) is 5.93. The van der Waals surface area contributed by atoms with Gasteiger partial charge in [-0.25, -0.2) is 0 Å². The molecule has 1 heterocycles. The zero-order chi connectivity index (χ0) is 11.4. The van der Waals surface area contributed by atoms with Gasteiger partial charge in [0.25, 0.3) is 0 Å². The third-order valence-corrected chi connectivity index (χ3v) is 3.99. The maximum atomic E-state index is 6.23. The van der Waals surface area contributed by atoms with Crippen molar-refractivity contribution < 1.29 is 0 Å². The van der Waals surface area contributed by atoms with Crippen LogP contribution in [0.4, 0.5) is 0 Å². The van der Waals surface area contributed by atoms with Crippen LogP contribution >= 0.6 is 27.5 Å². The summed E-state index contributed by atoms with van der Waals surface area (Å²) in [5.74, 6) is 0. The SMILES string of the molecule is Clc1cc(Br)ccc1CC1CCCCCN1. The smallest absolute Gasteiger partial charge is 0.0449 e. The van der Waals surface area contributed by atoms with Crippen LogP contribution in [0.2, 0.25) is 5.02 Å². The summed E-state index contributed by atoms with van der Waals surface area (Å²) in [5, 5.41) is 4.48. The van der Waals surface area contributed by atoms with Gasteiger partial charge in [0.1, 0.15) is 0 Å². The quantitative estimate of drug-likeness (QED) is 0.864. The summed E-state index contributed by atoms with van der Waals surface area (Å²) in [6.45, 7) is 1.15. The molecule has 1 nitrogen and oxygen atoms in total. The van der Waals surface area contributed by atoms with E-state index in [2.05, 4.69) is 33.4 Å². The Morgan fingerprint density at radius 2 is 2.19 bits per heavy atom. The summed E-state index contributed by atoms with van der Waals surface area (Å²) in [6, 6.07) is 6.77. The van der Waals surface area contributed by atoms with Crippen LogP contribution in [0.3, 0.4) is 0 Å². The first kappa shape index (κ1) is 12.4. The lowest BCUT2D eigenvalue weighted by Gasteiger charge is -2.16. The van der Waals surface area contributed by atoms with Crippen molar-refractivity contribution in [2.45, 2.75) is 38.1 Å². The second-order valence-electron chi connectivity index (χ2n) is 4.44. The Hall–Kier alpha value is -0.0500. The number of benzene rings is 1. The molecule has 1 aliphatic heterocycles. The van der Waals surface area contributed by atoms with Crippen molar-refractivity contribution >= 4 is 27.5 Å². The van der Waals surface area contributed by atoms with E-state index in [1.165, 1.54) is 31.2 Å². The molecule has 1 N–H and O–H groups in total. The van der Waals surface area contributed by atoms with Gasteiger partial charge < -0.3 is 5.32 Å². The molecule has 1 aromatic rings. The van der Waals surface area contributed by atoms with Gasteiger partial charge in [-0.2, -0.15) is 0 Å². The molecule has 1 fully saturated rings. The van der Waals surface area contributed by atoms with E-state index in [9.17, 15) is 0 Å². The molecule has 1 atom stereocenters. The van der Waals surface area contributed by atoms with Crippen LogP contribution in [0.5, 0.6) is 0 Å². The topological polar surface area (TPSA) is 12.0 Å². The molecule has 0 spiro atoms. The molecule has 0 aliphatic carbocycles. The molecule has 16 heavy (non-hydrogen) atoms. The summed E-state index contributed by atoms with van der Waals surface area (Å²) < 4.78 is 1.05. The lowest BCUT2D eigenvalue weighted by Crippen LogP contribution is -2.30. The molecule has 1 saturated heterocycles. The fourth-order valence-corrected chi connectivity index (χ4v) is 2.98. The van der Waals surface area contributed by atoms with Crippen molar-refractivity contribution in [2.24, 2.45) is 0 Å². The Balaban J connectivity index is 2.01. The molecule has 88 valence electrons. The minimum Gasteiger partial charge on any atom is -0.314 e. The molecule has 1 aliphatic rings. The summed E-state index contributed by atoms with van der Waals surface area (Å²) in [5.41, 5.74) is 1.25. The molecular formula is C13H17BrClN. The first-order valence-corrected chi connectivity index (χ1v) is 7.10. The molecule has 1 aromatic carbocycles. The summed E-state index contributed by atoms with van der Waals surface area (Å²) in [6.07, 6.45) is 6.33. The van der Waals surface area contributed by atoms with Gasteiger partial charge >= 0.3 is 0 Å². The van der Waals surface area contributed by atoms with Gasteiger partial charge in [-0.15, -0.1) is 0 Å². The molecule has 3 heteroatoms. The van der Waals surface area contributed by atoms with Gasteiger partial charge in [0.05, 0.1) is 0 Å². The third kappa shape index (κ3) is 3.47. The van der Waals surface area contributed by atoms with Crippen molar-refractivity contribution in [1.82, 2.24) is 5.32 Å². The average Bonchev–Trinajstić information content (AvgIpc) is 2.51. The van der Waals surface area contributed by atoms with Crippen molar-refractivity contribution in [3.63, 3.8) is 0 Å². The maximum absolute atomic E-state index is 6.23. The third-order valence-electron chi connectivity index (χ3n) is 3.14. The van der Waals surface area contributed by atoms with Crippen LogP contribution in [0, 0.1) is 0 Å². The largest absolute Gasteiger partial charge is 0.314 e. The van der Waals surface area contributed by atoms with E-state index in [1.54, 1.807) is 0 Å². The highest BCUT2D eigenvalue weighted by molar-refractivity contribution is 9.10. The monoisotopic (exact) mass is 301 g/mol. The minimum absolute atomic E-state index is 0.598. The van der Waals surface area contributed by atoms with E-state index >= 15 is 0 Å². The molecule has 0 bridgehead atoms. The van der Waals surface area contributed by atoms with Crippen LogP contribution in [0.1, 0.15) is 31.2 Å². The van der Waals surface area contributed by atoms with E-state index in [4.69, 9.17) is 11.6 Å². The number of hydrogen-bond acceptors (Lipinski definition) is 1. The molecule has 0 radical (unpaired) electrons. The highest BCUT2D eigenvalue weighted by Gasteiger charge is 2.13. The van der Waals surface area contributed by atoms with Crippen molar-refractivity contribution in [3.8, 4) is 0 Å². The van der Waals surface area contributed by atoms with Crippen molar-refractivity contribution in [3.05, 3.63) is 33.3 Å². The molecule has 2 rings (SSSR count). The van der Waals surface area contributed by atoms with Gasteiger partial charge in [0, 0.05) is 15.5 Å². The highest BCUT2D eigenvalue weighted by Crippen LogP contribution is 2.23. The Morgan fingerprint density at radius 1 is 1.31 bits per heavy atom. The number of halogens is 2.